The standard InChI is InChI=1S/C19H20F3N5O/c1-4-27-14-9-18(2,3)7-5-11(14)15(25-27)17-24-16(26-28-17)12-10-23-8-6-13(12)19(20,21)22/h6,8,10H,4-5,7,9H2,1-3H3. The van der Waals surface area contributed by atoms with Crippen LogP contribution in [-0.4, -0.2) is 24.9 Å². The Balaban J connectivity index is 1.77. The molecule has 0 atom stereocenters. The Morgan fingerprint density at radius 3 is 2.79 bits per heavy atom. The van der Waals surface area contributed by atoms with Crippen molar-refractivity contribution in [3.05, 3.63) is 35.3 Å². The van der Waals surface area contributed by atoms with Crippen molar-refractivity contribution in [3.8, 4) is 23.0 Å². The summed E-state index contributed by atoms with van der Waals surface area (Å²) in [6, 6.07) is 0.904. The molecule has 0 aliphatic heterocycles. The zero-order valence-electron chi connectivity index (χ0n) is 15.8. The summed E-state index contributed by atoms with van der Waals surface area (Å²) in [7, 11) is 0. The molecule has 0 bridgehead atoms. The number of hydrogen-bond donors (Lipinski definition) is 0. The third-order valence-corrected chi connectivity index (χ3v) is 5.16. The van der Waals surface area contributed by atoms with Crippen LogP contribution in [0.25, 0.3) is 23.0 Å². The highest BCUT2D eigenvalue weighted by atomic mass is 19.4. The van der Waals surface area contributed by atoms with Crippen LogP contribution in [0.15, 0.2) is 23.0 Å². The van der Waals surface area contributed by atoms with E-state index < -0.39 is 11.7 Å². The van der Waals surface area contributed by atoms with Gasteiger partial charge in [0, 0.05) is 30.2 Å². The first-order valence-electron chi connectivity index (χ1n) is 9.14. The molecule has 3 heterocycles. The van der Waals surface area contributed by atoms with Gasteiger partial charge < -0.3 is 4.52 Å². The Labute approximate surface area is 159 Å². The molecule has 0 N–H and O–H groups in total. The Morgan fingerprint density at radius 2 is 2.07 bits per heavy atom. The molecule has 0 saturated heterocycles. The molecule has 28 heavy (non-hydrogen) atoms. The second kappa shape index (κ2) is 6.42. The molecule has 1 aliphatic carbocycles. The van der Waals surface area contributed by atoms with Crippen molar-refractivity contribution in [2.24, 2.45) is 5.41 Å². The Hall–Kier alpha value is -2.71. The number of aromatic nitrogens is 5. The van der Waals surface area contributed by atoms with E-state index in [9.17, 15) is 13.2 Å². The van der Waals surface area contributed by atoms with Crippen molar-refractivity contribution < 1.29 is 17.7 Å². The lowest BCUT2D eigenvalue weighted by atomic mass is 9.76. The average molecular weight is 391 g/mol. The minimum Gasteiger partial charge on any atom is -0.332 e. The maximum atomic E-state index is 13.3. The highest BCUT2D eigenvalue weighted by molar-refractivity contribution is 5.63. The molecule has 4 rings (SSSR count). The summed E-state index contributed by atoms with van der Waals surface area (Å²) < 4.78 is 47.1. The average Bonchev–Trinajstić information content (AvgIpc) is 3.24. The fourth-order valence-corrected chi connectivity index (χ4v) is 3.68. The van der Waals surface area contributed by atoms with Gasteiger partial charge in [-0.1, -0.05) is 19.0 Å². The molecule has 0 saturated carbocycles. The van der Waals surface area contributed by atoms with Gasteiger partial charge in [-0.3, -0.25) is 9.67 Å². The normalized spacial score (nSPS) is 16.2. The number of pyridine rings is 1. The molecule has 9 heteroatoms. The minimum atomic E-state index is -4.53. The summed E-state index contributed by atoms with van der Waals surface area (Å²) in [6.45, 7) is 7.13. The van der Waals surface area contributed by atoms with Gasteiger partial charge in [0.15, 0.2) is 5.69 Å². The molecule has 148 valence electrons. The second-order valence-electron chi connectivity index (χ2n) is 7.77. The monoisotopic (exact) mass is 391 g/mol. The van der Waals surface area contributed by atoms with Crippen LogP contribution in [0.4, 0.5) is 13.2 Å². The first kappa shape index (κ1) is 18.6. The van der Waals surface area contributed by atoms with Crippen LogP contribution in [0.1, 0.15) is 44.0 Å². The van der Waals surface area contributed by atoms with E-state index in [-0.39, 0.29) is 22.7 Å². The molecular weight excluding hydrogens is 371 g/mol. The van der Waals surface area contributed by atoms with Crippen molar-refractivity contribution in [1.29, 1.82) is 0 Å². The third kappa shape index (κ3) is 3.18. The Bertz CT molecular complexity index is 1020. The van der Waals surface area contributed by atoms with Crippen LogP contribution < -0.4 is 0 Å². The summed E-state index contributed by atoms with van der Waals surface area (Å²) >= 11 is 0. The fraction of sp³-hybridized carbons (Fsp3) is 0.474. The first-order valence-corrected chi connectivity index (χ1v) is 9.14. The van der Waals surface area contributed by atoms with E-state index >= 15 is 0 Å². The summed E-state index contributed by atoms with van der Waals surface area (Å²) in [5.74, 6) is -0.0125. The van der Waals surface area contributed by atoms with E-state index in [0.717, 1.165) is 49.0 Å². The topological polar surface area (TPSA) is 69.6 Å². The van der Waals surface area contributed by atoms with E-state index in [1.54, 1.807) is 0 Å². The fourth-order valence-electron chi connectivity index (χ4n) is 3.68. The number of aryl methyl sites for hydroxylation is 1. The van der Waals surface area contributed by atoms with Gasteiger partial charge in [0.05, 0.1) is 11.1 Å². The summed E-state index contributed by atoms with van der Waals surface area (Å²) in [5.41, 5.74) is 1.84. The van der Waals surface area contributed by atoms with Crippen molar-refractivity contribution in [2.45, 2.75) is 52.8 Å². The summed E-state index contributed by atoms with van der Waals surface area (Å²) in [6.07, 6.45) is 0.341. The number of fused-ring (bicyclic) bond motifs is 1. The van der Waals surface area contributed by atoms with Crippen molar-refractivity contribution in [2.75, 3.05) is 0 Å². The number of halogens is 3. The smallest absolute Gasteiger partial charge is 0.332 e. The number of alkyl halides is 3. The predicted octanol–water partition coefficient (Wildman–Crippen LogP) is 4.55. The highest BCUT2D eigenvalue weighted by Gasteiger charge is 2.36. The SMILES string of the molecule is CCn1nc(-c2nc(-c3cnccc3C(F)(F)F)no2)c2c1CC(C)(C)CC2. The molecule has 0 fully saturated rings. The zero-order valence-corrected chi connectivity index (χ0v) is 15.8. The van der Waals surface area contributed by atoms with Crippen molar-refractivity contribution in [1.82, 2.24) is 24.9 Å². The van der Waals surface area contributed by atoms with E-state index in [1.165, 1.54) is 0 Å². The largest absolute Gasteiger partial charge is 0.417 e. The van der Waals surface area contributed by atoms with Crippen LogP contribution in [0.5, 0.6) is 0 Å². The molecule has 6 nitrogen and oxygen atoms in total. The quantitative estimate of drug-likeness (QED) is 0.655. The van der Waals surface area contributed by atoms with Crippen LogP contribution in [0, 0.1) is 5.41 Å². The predicted molar refractivity (Wildman–Crippen MR) is 95.2 cm³/mol. The maximum absolute atomic E-state index is 13.3. The van der Waals surface area contributed by atoms with E-state index in [0.29, 0.717) is 12.2 Å². The van der Waals surface area contributed by atoms with Crippen molar-refractivity contribution >= 4 is 0 Å². The van der Waals surface area contributed by atoms with Gasteiger partial charge in [-0.2, -0.15) is 23.3 Å². The maximum Gasteiger partial charge on any atom is 0.417 e. The zero-order chi connectivity index (χ0) is 20.1. The Morgan fingerprint density at radius 1 is 1.29 bits per heavy atom. The van der Waals surface area contributed by atoms with Crippen LogP contribution in [0.2, 0.25) is 0 Å². The third-order valence-electron chi connectivity index (χ3n) is 5.16. The lowest BCUT2D eigenvalue weighted by Crippen LogP contribution is -2.24. The van der Waals surface area contributed by atoms with Gasteiger partial charge in [-0.25, -0.2) is 0 Å². The lowest BCUT2D eigenvalue weighted by Gasteiger charge is -2.30. The van der Waals surface area contributed by atoms with E-state index in [2.05, 4.69) is 34.1 Å². The first-order chi connectivity index (χ1) is 13.2. The summed E-state index contributed by atoms with van der Waals surface area (Å²) in [4.78, 5) is 8.00. The van der Waals surface area contributed by atoms with Gasteiger partial charge in [0.2, 0.25) is 5.82 Å². The molecule has 0 radical (unpaired) electrons. The molecular formula is C19H20F3N5O. The van der Waals surface area contributed by atoms with Crippen LogP contribution in [-0.2, 0) is 25.6 Å². The molecule has 0 aromatic carbocycles. The second-order valence-corrected chi connectivity index (χ2v) is 7.77. The molecule has 3 aromatic heterocycles. The molecule has 3 aromatic rings. The molecule has 0 unspecified atom stereocenters. The number of hydrogen-bond acceptors (Lipinski definition) is 5. The van der Waals surface area contributed by atoms with E-state index in [4.69, 9.17) is 4.52 Å². The number of rotatable bonds is 3. The van der Waals surface area contributed by atoms with Gasteiger partial charge in [0.25, 0.3) is 5.89 Å². The number of nitrogens with zero attached hydrogens (tertiary/aromatic N) is 5. The van der Waals surface area contributed by atoms with Crippen LogP contribution >= 0.6 is 0 Å². The molecule has 0 spiro atoms. The van der Waals surface area contributed by atoms with Gasteiger partial charge in [-0.05, 0) is 37.7 Å². The van der Waals surface area contributed by atoms with Gasteiger partial charge in [-0.15, -0.1) is 0 Å². The van der Waals surface area contributed by atoms with Gasteiger partial charge >= 0.3 is 6.18 Å². The minimum absolute atomic E-state index is 0.134. The van der Waals surface area contributed by atoms with Gasteiger partial charge in [0.1, 0.15) is 0 Å². The lowest BCUT2D eigenvalue weighted by molar-refractivity contribution is -0.137. The molecule has 0 amide bonds. The molecule has 1 aliphatic rings. The Kier molecular flexibility index (Phi) is 4.28. The van der Waals surface area contributed by atoms with E-state index in [1.807, 2.05) is 11.6 Å². The highest BCUT2D eigenvalue weighted by Crippen LogP contribution is 2.40. The van der Waals surface area contributed by atoms with Crippen molar-refractivity contribution in [3.63, 3.8) is 0 Å². The van der Waals surface area contributed by atoms with Crippen LogP contribution in [0.3, 0.4) is 0 Å². The summed E-state index contributed by atoms with van der Waals surface area (Å²) in [5, 5.41) is 8.38.